The van der Waals surface area contributed by atoms with E-state index in [0.29, 0.717) is 0 Å². The molecule has 1 heterocycles. The molecule has 0 N–H and O–H groups in total. The van der Waals surface area contributed by atoms with E-state index >= 15 is 0 Å². The van der Waals surface area contributed by atoms with Crippen LogP contribution in [0.25, 0.3) is 11.5 Å². The Morgan fingerprint density at radius 2 is 1.57 bits per heavy atom. The highest BCUT2D eigenvalue weighted by molar-refractivity contribution is 7.94. The maximum absolute atomic E-state index is 13.2. The second-order valence-corrected chi connectivity index (χ2v) is 10.4. The van der Waals surface area contributed by atoms with Gasteiger partial charge in [-0.25, -0.2) is 21.2 Å². The smallest absolute Gasteiger partial charge is 0.258 e. The highest BCUT2D eigenvalue weighted by Gasteiger charge is 2.35. The van der Waals surface area contributed by atoms with Crippen LogP contribution in [0.5, 0.6) is 0 Å². The molecule has 0 aliphatic heterocycles. The lowest BCUT2D eigenvalue weighted by atomic mass is 10.2. The third-order valence-corrected chi connectivity index (χ3v) is 7.56. The fraction of sp³-hybridized carbons (Fsp3) is 0.211. The number of rotatable bonds is 6. The Bertz CT molecular complexity index is 1180. The van der Waals surface area contributed by atoms with Gasteiger partial charge in [0.25, 0.3) is 5.09 Å². The topological polar surface area (TPSA) is 94.3 Å². The van der Waals surface area contributed by atoms with Gasteiger partial charge in [0.05, 0.1) is 10.6 Å². The summed E-state index contributed by atoms with van der Waals surface area (Å²) in [5.74, 6) is -1.27. The van der Waals surface area contributed by atoms with Crippen LogP contribution >= 0.6 is 0 Å². The van der Waals surface area contributed by atoms with E-state index in [0.717, 1.165) is 12.1 Å². The minimum absolute atomic E-state index is 0.102. The SMILES string of the molecule is CC(C)CS(=O)(=O)c1oc(-c2ccc(F)cc2)nc1S(=O)(=O)c1ccccc1. The summed E-state index contributed by atoms with van der Waals surface area (Å²) in [6.07, 6.45) is 0. The van der Waals surface area contributed by atoms with Crippen LogP contribution in [0.2, 0.25) is 0 Å². The number of benzene rings is 2. The van der Waals surface area contributed by atoms with Crippen molar-refractivity contribution in [1.29, 1.82) is 0 Å². The van der Waals surface area contributed by atoms with Crippen LogP contribution in [0.4, 0.5) is 4.39 Å². The summed E-state index contributed by atoms with van der Waals surface area (Å²) in [7, 11) is -8.30. The summed E-state index contributed by atoms with van der Waals surface area (Å²) in [5, 5.41) is -1.37. The van der Waals surface area contributed by atoms with Crippen molar-refractivity contribution in [3.05, 3.63) is 60.4 Å². The Morgan fingerprint density at radius 1 is 0.964 bits per heavy atom. The highest BCUT2D eigenvalue weighted by Crippen LogP contribution is 2.32. The van der Waals surface area contributed by atoms with Gasteiger partial charge in [-0.05, 0) is 42.3 Å². The zero-order valence-electron chi connectivity index (χ0n) is 15.2. The molecular weight excluding hydrogens is 405 g/mol. The average Bonchev–Trinajstić information content (AvgIpc) is 3.09. The van der Waals surface area contributed by atoms with Gasteiger partial charge < -0.3 is 4.42 Å². The van der Waals surface area contributed by atoms with Crippen LogP contribution in [0, 0.1) is 11.7 Å². The number of aromatic nitrogens is 1. The standard InChI is InChI=1S/C19H18FNO5S2/c1-13(2)12-27(22,23)19-18(28(24,25)16-6-4-3-5-7-16)21-17(26-19)14-8-10-15(20)11-9-14/h3-11,13H,12H2,1-2H3. The highest BCUT2D eigenvalue weighted by atomic mass is 32.2. The van der Waals surface area contributed by atoms with Crippen molar-refractivity contribution in [1.82, 2.24) is 4.98 Å². The van der Waals surface area contributed by atoms with E-state index in [9.17, 15) is 21.2 Å². The number of hydrogen-bond acceptors (Lipinski definition) is 6. The molecule has 0 saturated heterocycles. The molecule has 6 nitrogen and oxygen atoms in total. The Balaban J connectivity index is 2.24. The minimum Gasteiger partial charge on any atom is -0.423 e. The number of sulfone groups is 2. The fourth-order valence-electron chi connectivity index (χ4n) is 2.60. The molecule has 148 valence electrons. The number of hydrogen-bond donors (Lipinski definition) is 0. The zero-order valence-corrected chi connectivity index (χ0v) is 16.8. The van der Waals surface area contributed by atoms with Gasteiger partial charge in [-0.2, -0.15) is 4.98 Å². The van der Waals surface area contributed by atoms with Gasteiger partial charge in [-0.15, -0.1) is 0 Å². The predicted molar refractivity (Wildman–Crippen MR) is 101 cm³/mol. The van der Waals surface area contributed by atoms with Gasteiger partial charge in [0.1, 0.15) is 5.82 Å². The molecule has 0 fully saturated rings. The van der Waals surface area contributed by atoms with Gasteiger partial charge in [-0.3, -0.25) is 0 Å². The molecule has 0 aliphatic carbocycles. The Kier molecular flexibility index (Phi) is 5.40. The Labute approximate surface area is 162 Å². The lowest BCUT2D eigenvalue weighted by Gasteiger charge is -2.06. The third kappa shape index (κ3) is 4.00. The van der Waals surface area contributed by atoms with Crippen molar-refractivity contribution >= 4 is 19.7 Å². The molecular formula is C19H18FNO5S2. The lowest BCUT2D eigenvalue weighted by Crippen LogP contribution is -2.15. The molecule has 0 bridgehead atoms. The Hall–Kier alpha value is -2.52. The molecule has 1 aromatic heterocycles. The average molecular weight is 423 g/mol. The predicted octanol–water partition coefficient (Wildman–Crippen LogP) is 3.74. The maximum Gasteiger partial charge on any atom is 0.258 e. The first-order chi connectivity index (χ1) is 13.1. The molecule has 0 radical (unpaired) electrons. The van der Waals surface area contributed by atoms with E-state index in [2.05, 4.69) is 4.98 Å². The molecule has 3 rings (SSSR count). The first kappa shape index (κ1) is 20.2. The molecule has 0 aliphatic rings. The summed E-state index contributed by atoms with van der Waals surface area (Å²) in [6, 6.07) is 12.3. The number of halogens is 1. The van der Waals surface area contributed by atoms with Crippen molar-refractivity contribution in [2.75, 3.05) is 5.75 Å². The first-order valence-electron chi connectivity index (χ1n) is 8.41. The molecule has 0 spiro atoms. The van der Waals surface area contributed by atoms with E-state index in [4.69, 9.17) is 4.42 Å². The quantitative estimate of drug-likeness (QED) is 0.599. The van der Waals surface area contributed by atoms with Crippen LogP contribution < -0.4 is 0 Å². The summed E-state index contributed by atoms with van der Waals surface area (Å²) >= 11 is 0. The molecule has 0 unspecified atom stereocenters. The van der Waals surface area contributed by atoms with Crippen molar-refractivity contribution in [3.8, 4) is 11.5 Å². The summed E-state index contributed by atoms with van der Waals surface area (Å²) in [6.45, 7) is 3.39. The van der Waals surface area contributed by atoms with Crippen molar-refractivity contribution in [2.24, 2.45) is 5.92 Å². The molecule has 0 saturated carbocycles. The van der Waals surface area contributed by atoms with E-state index < -0.39 is 35.6 Å². The zero-order chi connectivity index (χ0) is 20.5. The van der Waals surface area contributed by atoms with E-state index in [-0.39, 0.29) is 28.0 Å². The number of nitrogens with zero attached hydrogens (tertiary/aromatic N) is 1. The second-order valence-electron chi connectivity index (χ2n) is 6.61. The molecule has 28 heavy (non-hydrogen) atoms. The van der Waals surface area contributed by atoms with Crippen LogP contribution in [-0.4, -0.2) is 27.6 Å². The summed E-state index contributed by atoms with van der Waals surface area (Å²) < 4.78 is 70.2. The van der Waals surface area contributed by atoms with Crippen LogP contribution in [-0.2, 0) is 19.7 Å². The fourth-order valence-corrected chi connectivity index (χ4v) is 6.06. The maximum atomic E-state index is 13.2. The largest absolute Gasteiger partial charge is 0.423 e. The third-order valence-electron chi connectivity index (χ3n) is 3.80. The van der Waals surface area contributed by atoms with Gasteiger partial charge in [0.15, 0.2) is 0 Å². The first-order valence-corrected chi connectivity index (χ1v) is 11.5. The monoisotopic (exact) mass is 423 g/mol. The molecule has 0 atom stereocenters. The van der Waals surface area contributed by atoms with Gasteiger partial charge in [0.2, 0.25) is 30.6 Å². The molecule has 9 heteroatoms. The second kappa shape index (κ2) is 7.48. The number of oxazole rings is 1. The van der Waals surface area contributed by atoms with Crippen molar-refractivity contribution < 1.29 is 25.6 Å². The summed E-state index contributed by atoms with van der Waals surface area (Å²) in [4.78, 5) is 3.87. The van der Waals surface area contributed by atoms with Crippen molar-refractivity contribution in [3.63, 3.8) is 0 Å². The van der Waals surface area contributed by atoms with Gasteiger partial charge in [-0.1, -0.05) is 32.0 Å². The van der Waals surface area contributed by atoms with Gasteiger partial charge in [0, 0.05) is 5.56 Å². The lowest BCUT2D eigenvalue weighted by molar-refractivity contribution is 0.442. The van der Waals surface area contributed by atoms with E-state index in [1.54, 1.807) is 19.9 Å². The molecule has 0 amide bonds. The Morgan fingerprint density at radius 3 is 2.14 bits per heavy atom. The van der Waals surface area contributed by atoms with E-state index in [1.165, 1.54) is 36.4 Å². The molecule has 3 aromatic rings. The van der Waals surface area contributed by atoms with Gasteiger partial charge >= 0.3 is 0 Å². The van der Waals surface area contributed by atoms with Crippen LogP contribution in [0.3, 0.4) is 0 Å². The normalized spacial score (nSPS) is 12.4. The molecule has 2 aromatic carbocycles. The van der Waals surface area contributed by atoms with E-state index in [1.807, 2.05) is 0 Å². The minimum atomic E-state index is -4.24. The van der Waals surface area contributed by atoms with Crippen molar-refractivity contribution in [2.45, 2.75) is 28.9 Å². The van der Waals surface area contributed by atoms with Crippen LogP contribution in [0.1, 0.15) is 13.8 Å². The summed E-state index contributed by atoms with van der Waals surface area (Å²) in [5.41, 5.74) is 0.261. The van der Waals surface area contributed by atoms with Crippen LogP contribution in [0.15, 0.2) is 74.0 Å².